The van der Waals surface area contributed by atoms with E-state index in [2.05, 4.69) is 30.4 Å². The van der Waals surface area contributed by atoms with Crippen molar-refractivity contribution < 1.29 is 4.79 Å². The van der Waals surface area contributed by atoms with Crippen LogP contribution in [0.15, 0.2) is 24.3 Å². The van der Waals surface area contributed by atoms with Crippen LogP contribution in [0.3, 0.4) is 0 Å². The molecule has 2 aliphatic rings. The lowest BCUT2D eigenvalue weighted by molar-refractivity contribution is -0.119. The summed E-state index contributed by atoms with van der Waals surface area (Å²) in [5, 5.41) is 3.49. The molecule has 3 heteroatoms. The van der Waals surface area contributed by atoms with E-state index in [1.807, 2.05) is 11.0 Å². The number of nitrogens with one attached hydrogen (secondary N) is 1. The van der Waals surface area contributed by atoms with Gasteiger partial charge in [-0.25, -0.2) is 0 Å². The number of fused-ring (bicyclic) bond motifs is 1. The summed E-state index contributed by atoms with van der Waals surface area (Å²) in [5.41, 5.74) is 2.34. The largest absolute Gasteiger partial charge is 0.311 e. The number of carbonyl (C=O) groups is 1. The zero-order chi connectivity index (χ0) is 13.9. The van der Waals surface area contributed by atoms with E-state index in [1.54, 1.807) is 0 Å². The Morgan fingerprint density at radius 1 is 1.30 bits per heavy atom. The van der Waals surface area contributed by atoms with Crippen molar-refractivity contribution in [3.05, 3.63) is 29.8 Å². The first-order valence-corrected chi connectivity index (χ1v) is 7.85. The van der Waals surface area contributed by atoms with Gasteiger partial charge in [-0.3, -0.25) is 4.79 Å². The molecule has 1 aromatic rings. The molecular formula is C17H24N2O. The second-order valence-electron chi connectivity index (χ2n) is 6.27. The molecule has 0 aromatic heterocycles. The zero-order valence-electron chi connectivity index (χ0n) is 12.3. The summed E-state index contributed by atoms with van der Waals surface area (Å²) in [6.07, 6.45) is 5.78. The first-order chi connectivity index (χ1) is 9.74. The molecule has 3 rings (SSSR count). The summed E-state index contributed by atoms with van der Waals surface area (Å²) in [7, 11) is 0. The Morgan fingerprint density at radius 2 is 2.05 bits per heavy atom. The van der Waals surface area contributed by atoms with Gasteiger partial charge in [0.2, 0.25) is 5.91 Å². The molecule has 1 aromatic carbocycles. The molecule has 0 saturated heterocycles. The van der Waals surface area contributed by atoms with Crippen molar-refractivity contribution in [3.63, 3.8) is 0 Å². The standard InChI is InChI=1S/C17H24N2O/c1-13-12-19(17(20)10-14-6-2-3-7-14)16-9-5-4-8-15(16)11-18-13/h4-5,8-9,13-14,18H,2-3,6-7,10-12H2,1H3. The van der Waals surface area contributed by atoms with Gasteiger partial charge in [0.05, 0.1) is 0 Å². The highest BCUT2D eigenvalue weighted by Crippen LogP contribution is 2.30. The Morgan fingerprint density at radius 3 is 2.85 bits per heavy atom. The van der Waals surface area contributed by atoms with Crippen molar-refractivity contribution in [3.8, 4) is 0 Å². The molecule has 1 fully saturated rings. The third kappa shape index (κ3) is 2.88. The topological polar surface area (TPSA) is 32.3 Å². The normalized spacial score (nSPS) is 23.4. The van der Waals surface area contributed by atoms with Gasteiger partial charge in [0.15, 0.2) is 0 Å². The van der Waals surface area contributed by atoms with Crippen LogP contribution in [0.2, 0.25) is 0 Å². The average molecular weight is 272 g/mol. The minimum atomic E-state index is 0.305. The maximum absolute atomic E-state index is 12.7. The monoisotopic (exact) mass is 272 g/mol. The average Bonchev–Trinajstić information content (AvgIpc) is 2.89. The lowest BCUT2D eigenvalue weighted by Gasteiger charge is -2.25. The maximum Gasteiger partial charge on any atom is 0.227 e. The molecule has 1 aliphatic carbocycles. The predicted octanol–water partition coefficient (Wildman–Crippen LogP) is 3.09. The van der Waals surface area contributed by atoms with E-state index in [9.17, 15) is 4.79 Å². The van der Waals surface area contributed by atoms with E-state index in [1.165, 1.54) is 31.2 Å². The number of anilines is 1. The van der Waals surface area contributed by atoms with Crippen molar-refractivity contribution >= 4 is 11.6 Å². The van der Waals surface area contributed by atoms with Gasteiger partial charge in [-0.15, -0.1) is 0 Å². The summed E-state index contributed by atoms with van der Waals surface area (Å²) in [6, 6.07) is 8.63. The van der Waals surface area contributed by atoms with Gasteiger partial charge in [-0.2, -0.15) is 0 Å². The third-order valence-electron chi connectivity index (χ3n) is 4.62. The molecule has 20 heavy (non-hydrogen) atoms. The van der Waals surface area contributed by atoms with Gasteiger partial charge in [-0.05, 0) is 37.3 Å². The van der Waals surface area contributed by atoms with E-state index in [0.29, 0.717) is 17.9 Å². The smallest absolute Gasteiger partial charge is 0.227 e. The Bertz CT molecular complexity index is 480. The highest BCUT2D eigenvalue weighted by atomic mass is 16.2. The minimum absolute atomic E-state index is 0.305. The van der Waals surface area contributed by atoms with Crippen molar-refractivity contribution in [2.45, 2.75) is 51.6 Å². The molecule has 1 heterocycles. The number of para-hydroxylation sites is 1. The van der Waals surface area contributed by atoms with Crippen LogP contribution in [-0.2, 0) is 11.3 Å². The lowest BCUT2D eigenvalue weighted by atomic mass is 10.0. The van der Waals surface area contributed by atoms with Gasteiger partial charge in [0.25, 0.3) is 0 Å². The fourth-order valence-corrected chi connectivity index (χ4v) is 3.45. The predicted molar refractivity (Wildman–Crippen MR) is 81.7 cm³/mol. The molecule has 1 atom stereocenters. The van der Waals surface area contributed by atoms with Gasteiger partial charge in [-0.1, -0.05) is 31.0 Å². The number of nitrogens with zero attached hydrogens (tertiary/aromatic N) is 1. The number of hydrogen-bond donors (Lipinski definition) is 1. The fourth-order valence-electron chi connectivity index (χ4n) is 3.45. The number of benzene rings is 1. The summed E-state index contributed by atoms with van der Waals surface area (Å²) in [6.45, 7) is 3.79. The van der Waals surface area contributed by atoms with E-state index >= 15 is 0 Å². The van der Waals surface area contributed by atoms with E-state index in [4.69, 9.17) is 0 Å². The van der Waals surface area contributed by atoms with Crippen molar-refractivity contribution in [2.75, 3.05) is 11.4 Å². The second-order valence-corrected chi connectivity index (χ2v) is 6.27. The van der Waals surface area contributed by atoms with Gasteiger partial charge in [0.1, 0.15) is 0 Å². The molecule has 0 bridgehead atoms. The van der Waals surface area contributed by atoms with Gasteiger partial charge >= 0.3 is 0 Å². The van der Waals surface area contributed by atoms with Crippen LogP contribution >= 0.6 is 0 Å². The minimum Gasteiger partial charge on any atom is -0.311 e. The molecule has 1 saturated carbocycles. The van der Waals surface area contributed by atoms with Crippen molar-refractivity contribution in [1.82, 2.24) is 5.32 Å². The maximum atomic E-state index is 12.7. The second kappa shape index (κ2) is 5.96. The molecule has 1 amide bonds. The first kappa shape index (κ1) is 13.6. The highest BCUT2D eigenvalue weighted by molar-refractivity contribution is 5.94. The summed E-state index contributed by atoms with van der Waals surface area (Å²) in [5.74, 6) is 0.918. The van der Waals surface area contributed by atoms with E-state index in [-0.39, 0.29) is 0 Å². The number of carbonyl (C=O) groups excluding carboxylic acids is 1. The zero-order valence-corrected chi connectivity index (χ0v) is 12.3. The van der Waals surface area contributed by atoms with E-state index in [0.717, 1.165) is 25.2 Å². The number of rotatable bonds is 2. The molecule has 3 nitrogen and oxygen atoms in total. The Hall–Kier alpha value is -1.35. The van der Waals surface area contributed by atoms with Crippen LogP contribution < -0.4 is 10.2 Å². The Kier molecular flexibility index (Phi) is 4.06. The molecule has 108 valence electrons. The van der Waals surface area contributed by atoms with Crippen LogP contribution in [0.1, 0.15) is 44.6 Å². The first-order valence-electron chi connectivity index (χ1n) is 7.85. The number of hydrogen-bond acceptors (Lipinski definition) is 2. The molecule has 0 spiro atoms. The van der Waals surface area contributed by atoms with Crippen LogP contribution in [0.25, 0.3) is 0 Å². The van der Waals surface area contributed by atoms with Gasteiger partial charge in [0, 0.05) is 31.2 Å². The number of amides is 1. The lowest BCUT2D eigenvalue weighted by Crippen LogP contribution is -2.40. The van der Waals surface area contributed by atoms with Gasteiger partial charge < -0.3 is 10.2 Å². The fraction of sp³-hybridized carbons (Fsp3) is 0.588. The van der Waals surface area contributed by atoms with Crippen LogP contribution in [-0.4, -0.2) is 18.5 Å². The summed E-state index contributed by atoms with van der Waals surface area (Å²) in [4.78, 5) is 14.7. The van der Waals surface area contributed by atoms with Crippen LogP contribution in [0.4, 0.5) is 5.69 Å². The van der Waals surface area contributed by atoms with Crippen LogP contribution in [0, 0.1) is 5.92 Å². The quantitative estimate of drug-likeness (QED) is 0.897. The molecular weight excluding hydrogens is 248 g/mol. The SMILES string of the molecule is CC1CN(C(=O)CC2CCCC2)c2ccccc2CN1. The van der Waals surface area contributed by atoms with Crippen molar-refractivity contribution in [2.24, 2.45) is 5.92 Å². The Balaban J connectivity index is 1.80. The summed E-state index contributed by atoms with van der Waals surface area (Å²) >= 11 is 0. The molecule has 1 N–H and O–H groups in total. The van der Waals surface area contributed by atoms with E-state index < -0.39 is 0 Å². The molecule has 1 aliphatic heterocycles. The Labute approximate surface area is 121 Å². The highest BCUT2D eigenvalue weighted by Gasteiger charge is 2.26. The van der Waals surface area contributed by atoms with Crippen LogP contribution in [0.5, 0.6) is 0 Å². The van der Waals surface area contributed by atoms with Crippen molar-refractivity contribution in [1.29, 1.82) is 0 Å². The molecule has 1 unspecified atom stereocenters. The third-order valence-corrected chi connectivity index (χ3v) is 4.62. The molecule has 0 radical (unpaired) electrons. The summed E-state index contributed by atoms with van der Waals surface area (Å²) < 4.78 is 0.